The number of aryl methyl sites for hydroxylation is 2. The Morgan fingerprint density at radius 1 is 0.892 bits per heavy atom. The maximum absolute atomic E-state index is 13.1. The van der Waals surface area contributed by atoms with Gasteiger partial charge in [0.2, 0.25) is 5.91 Å². The highest BCUT2D eigenvalue weighted by Gasteiger charge is 2.21. The molecule has 1 fully saturated rings. The summed E-state index contributed by atoms with van der Waals surface area (Å²) in [5.41, 5.74) is 6.41. The fourth-order valence-corrected chi connectivity index (χ4v) is 5.63. The van der Waals surface area contributed by atoms with Gasteiger partial charge in [-0.25, -0.2) is 0 Å². The molecule has 1 aliphatic rings. The van der Waals surface area contributed by atoms with Crippen LogP contribution in [0.1, 0.15) is 53.9 Å². The van der Waals surface area contributed by atoms with Crippen molar-refractivity contribution in [3.8, 4) is 0 Å². The summed E-state index contributed by atoms with van der Waals surface area (Å²) >= 11 is 0. The summed E-state index contributed by atoms with van der Waals surface area (Å²) in [4.78, 5) is 15.6. The second-order valence-corrected chi connectivity index (χ2v) is 10.5. The Bertz CT molecular complexity index is 1290. The monoisotopic (exact) mass is 493 g/mol. The predicted molar refractivity (Wildman–Crippen MR) is 153 cm³/mol. The molecule has 5 rings (SSSR count). The van der Waals surface area contributed by atoms with Crippen molar-refractivity contribution in [2.45, 2.75) is 51.5 Å². The van der Waals surface area contributed by atoms with E-state index in [-0.39, 0.29) is 11.8 Å². The molecule has 1 amide bonds. The van der Waals surface area contributed by atoms with E-state index in [1.807, 2.05) is 0 Å². The number of nitrogens with zero attached hydrogens (tertiary/aromatic N) is 2. The van der Waals surface area contributed by atoms with Crippen LogP contribution in [0, 0.1) is 6.92 Å². The average molecular weight is 494 g/mol. The maximum atomic E-state index is 13.1. The quantitative estimate of drug-likeness (QED) is 0.266. The fourth-order valence-electron chi connectivity index (χ4n) is 5.63. The zero-order valence-electron chi connectivity index (χ0n) is 22.0. The highest BCUT2D eigenvalue weighted by molar-refractivity contribution is 5.86. The van der Waals surface area contributed by atoms with Crippen molar-refractivity contribution < 1.29 is 4.79 Å². The number of aromatic nitrogens is 1. The van der Waals surface area contributed by atoms with E-state index in [1.54, 1.807) is 0 Å². The molecule has 1 unspecified atom stereocenters. The second-order valence-electron chi connectivity index (χ2n) is 10.5. The number of carbonyl (C=O) groups is 1. The summed E-state index contributed by atoms with van der Waals surface area (Å²) in [5, 5.41) is 4.48. The van der Waals surface area contributed by atoms with E-state index in [1.165, 1.54) is 46.0 Å². The van der Waals surface area contributed by atoms with Gasteiger partial charge in [-0.2, -0.15) is 0 Å². The summed E-state index contributed by atoms with van der Waals surface area (Å²) in [7, 11) is 0. The molecule has 0 saturated carbocycles. The van der Waals surface area contributed by atoms with Crippen LogP contribution < -0.4 is 5.32 Å². The molecule has 37 heavy (non-hydrogen) atoms. The van der Waals surface area contributed by atoms with Gasteiger partial charge in [-0.15, -0.1) is 0 Å². The van der Waals surface area contributed by atoms with Gasteiger partial charge >= 0.3 is 0 Å². The van der Waals surface area contributed by atoms with Crippen molar-refractivity contribution in [1.29, 1.82) is 0 Å². The van der Waals surface area contributed by atoms with E-state index in [9.17, 15) is 4.79 Å². The van der Waals surface area contributed by atoms with Crippen LogP contribution >= 0.6 is 0 Å². The number of hydrogen-bond donors (Lipinski definition) is 1. The number of amides is 1. The van der Waals surface area contributed by atoms with Crippen molar-refractivity contribution in [3.63, 3.8) is 0 Å². The van der Waals surface area contributed by atoms with Crippen molar-refractivity contribution in [1.82, 2.24) is 14.8 Å². The molecule has 4 aromatic rings. The first-order valence-electron chi connectivity index (χ1n) is 13.8. The number of para-hydroxylation sites is 1. The molecule has 1 saturated heterocycles. The van der Waals surface area contributed by atoms with Gasteiger partial charge in [-0.3, -0.25) is 4.79 Å². The van der Waals surface area contributed by atoms with Crippen LogP contribution in [0.15, 0.2) is 85.1 Å². The molecule has 192 valence electrons. The van der Waals surface area contributed by atoms with Crippen LogP contribution in [0.2, 0.25) is 0 Å². The van der Waals surface area contributed by atoms with E-state index < -0.39 is 0 Å². The molecule has 4 nitrogen and oxygen atoms in total. The third-order valence-electron chi connectivity index (χ3n) is 7.74. The van der Waals surface area contributed by atoms with E-state index in [2.05, 4.69) is 107 Å². The summed E-state index contributed by atoms with van der Waals surface area (Å²) < 4.78 is 2.36. The smallest absolute Gasteiger partial charge is 0.220 e. The molecule has 1 aromatic heterocycles. The summed E-state index contributed by atoms with van der Waals surface area (Å²) in [6.07, 6.45) is 7.29. The lowest BCUT2D eigenvalue weighted by molar-refractivity contribution is -0.121. The molecule has 1 atom stereocenters. The van der Waals surface area contributed by atoms with Gasteiger partial charge < -0.3 is 14.8 Å². The molecular weight excluding hydrogens is 454 g/mol. The molecule has 2 heterocycles. The Balaban J connectivity index is 1.37. The zero-order valence-corrected chi connectivity index (χ0v) is 22.0. The van der Waals surface area contributed by atoms with Crippen LogP contribution in [0.3, 0.4) is 0 Å². The molecule has 0 bridgehead atoms. The topological polar surface area (TPSA) is 37.3 Å². The normalized spacial score (nSPS) is 14.7. The lowest BCUT2D eigenvalue weighted by Crippen LogP contribution is -2.34. The van der Waals surface area contributed by atoms with Crippen molar-refractivity contribution >= 4 is 16.8 Å². The minimum absolute atomic E-state index is 0.160. The molecule has 0 spiro atoms. The number of fused-ring (bicyclic) bond motifs is 1. The molecular formula is C33H39N3O. The first-order chi connectivity index (χ1) is 18.2. The lowest BCUT2D eigenvalue weighted by Gasteiger charge is -2.18. The third-order valence-corrected chi connectivity index (χ3v) is 7.74. The lowest BCUT2D eigenvalue weighted by atomic mass is 9.89. The van der Waals surface area contributed by atoms with Crippen molar-refractivity contribution in [2.24, 2.45) is 0 Å². The third kappa shape index (κ3) is 6.69. The van der Waals surface area contributed by atoms with Crippen molar-refractivity contribution in [3.05, 3.63) is 107 Å². The van der Waals surface area contributed by atoms with E-state index >= 15 is 0 Å². The molecule has 0 radical (unpaired) electrons. The number of carbonyl (C=O) groups excluding carboxylic acids is 1. The Labute approximate surface area is 221 Å². The van der Waals surface area contributed by atoms with E-state index in [0.29, 0.717) is 6.42 Å². The van der Waals surface area contributed by atoms with Crippen LogP contribution in [-0.2, 0) is 17.8 Å². The SMILES string of the molecule is Cc1ccc(Cn2cc(C(CCc3ccccc3)CC(=O)NCCN3CCCC3)c3ccccc32)cc1. The number of hydrogen-bond acceptors (Lipinski definition) is 2. The minimum atomic E-state index is 0.160. The van der Waals surface area contributed by atoms with Gasteiger partial charge in [0.05, 0.1) is 0 Å². The highest BCUT2D eigenvalue weighted by Crippen LogP contribution is 2.33. The first kappa shape index (κ1) is 25.3. The zero-order chi connectivity index (χ0) is 25.5. The maximum Gasteiger partial charge on any atom is 0.220 e. The Morgan fingerprint density at radius 2 is 1.62 bits per heavy atom. The van der Waals surface area contributed by atoms with E-state index in [0.717, 1.165) is 45.6 Å². The van der Waals surface area contributed by atoms with Gasteiger partial charge in [0.25, 0.3) is 0 Å². The number of nitrogens with one attached hydrogen (secondary N) is 1. The van der Waals surface area contributed by atoms with Crippen LogP contribution in [-0.4, -0.2) is 41.6 Å². The molecule has 3 aromatic carbocycles. The molecule has 1 aliphatic heterocycles. The summed E-state index contributed by atoms with van der Waals surface area (Å²) in [6.45, 7) is 6.97. The van der Waals surface area contributed by atoms with Gasteiger partial charge in [-0.05, 0) is 74.4 Å². The Morgan fingerprint density at radius 3 is 2.41 bits per heavy atom. The minimum Gasteiger partial charge on any atom is -0.355 e. The number of likely N-dealkylation sites (tertiary alicyclic amines) is 1. The van der Waals surface area contributed by atoms with E-state index in [4.69, 9.17) is 0 Å². The van der Waals surface area contributed by atoms with Gasteiger partial charge in [-0.1, -0.05) is 78.4 Å². The van der Waals surface area contributed by atoms with Crippen molar-refractivity contribution in [2.75, 3.05) is 26.2 Å². The Hall–Kier alpha value is -3.37. The second kappa shape index (κ2) is 12.2. The molecule has 1 N–H and O–H groups in total. The molecule has 0 aliphatic carbocycles. The number of rotatable bonds is 11. The predicted octanol–water partition coefficient (Wildman–Crippen LogP) is 6.32. The van der Waals surface area contributed by atoms with Crippen LogP contribution in [0.5, 0.6) is 0 Å². The van der Waals surface area contributed by atoms with Gasteiger partial charge in [0.15, 0.2) is 0 Å². The largest absolute Gasteiger partial charge is 0.355 e. The van der Waals surface area contributed by atoms with Gasteiger partial charge in [0.1, 0.15) is 0 Å². The number of benzene rings is 3. The standard InChI is InChI=1S/C33H39N3O/c1-26-13-15-28(16-14-26)24-36-25-31(30-11-5-6-12-32(30)36)29(18-17-27-9-3-2-4-10-27)23-33(37)34-19-22-35-20-7-8-21-35/h2-6,9-16,25,29H,7-8,17-24H2,1H3,(H,34,37). The Kier molecular flexibility index (Phi) is 8.37. The first-order valence-corrected chi connectivity index (χ1v) is 13.8. The average Bonchev–Trinajstić information content (AvgIpc) is 3.57. The highest BCUT2D eigenvalue weighted by atomic mass is 16.1. The molecule has 4 heteroatoms. The van der Waals surface area contributed by atoms with Crippen LogP contribution in [0.4, 0.5) is 0 Å². The summed E-state index contributed by atoms with van der Waals surface area (Å²) in [6, 6.07) is 28.1. The van der Waals surface area contributed by atoms with Crippen LogP contribution in [0.25, 0.3) is 10.9 Å². The summed E-state index contributed by atoms with van der Waals surface area (Å²) in [5.74, 6) is 0.323. The fraction of sp³-hybridized carbons (Fsp3) is 0.364. The van der Waals surface area contributed by atoms with Gasteiger partial charge in [0, 0.05) is 43.2 Å².